The van der Waals surface area contributed by atoms with Crippen molar-refractivity contribution in [2.24, 2.45) is 11.3 Å². The molecule has 0 aromatic carbocycles. The highest BCUT2D eigenvalue weighted by Crippen LogP contribution is 2.28. The molecule has 0 aliphatic heterocycles. The van der Waals surface area contributed by atoms with Gasteiger partial charge in [0.05, 0.1) is 46.2 Å². The third kappa shape index (κ3) is 14.6. The Morgan fingerprint density at radius 1 is 1.00 bits per heavy atom. The molecule has 0 saturated heterocycles. The molecule has 138 valence electrons. The van der Waals surface area contributed by atoms with Crippen molar-refractivity contribution >= 4 is 5.91 Å². The molecule has 0 fully saturated rings. The van der Waals surface area contributed by atoms with E-state index in [0.29, 0.717) is 58.5 Å². The van der Waals surface area contributed by atoms with Gasteiger partial charge in [-0.1, -0.05) is 27.7 Å². The molecule has 1 atom stereocenters. The zero-order valence-corrected chi connectivity index (χ0v) is 15.2. The summed E-state index contributed by atoms with van der Waals surface area (Å²) in [4.78, 5) is 11.7. The van der Waals surface area contributed by atoms with Crippen LogP contribution in [-0.2, 0) is 19.0 Å². The monoisotopic (exact) mass is 333 g/mol. The van der Waals surface area contributed by atoms with Crippen LogP contribution >= 0.6 is 0 Å². The smallest absolute Gasteiger partial charge is 0.220 e. The Morgan fingerprint density at radius 2 is 1.52 bits per heavy atom. The molecule has 0 spiro atoms. The Morgan fingerprint density at radius 3 is 2.04 bits per heavy atom. The van der Waals surface area contributed by atoms with Crippen LogP contribution in [-0.4, -0.2) is 63.8 Å². The second kappa shape index (κ2) is 13.7. The average Bonchev–Trinajstić information content (AvgIpc) is 2.49. The minimum Gasteiger partial charge on any atom is -0.394 e. The third-order valence-electron chi connectivity index (χ3n) is 3.83. The summed E-state index contributed by atoms with van der Waals surface area (Å²) in [7, 11) is 0. The van der Waals surface area contributed by atoms with Crippen molar-refractivity contribution in [3.63, 3.8) is 0 Å². The molecule has 0 saturated carbocycles. The largest absolute Gasteiger partial charge is 0.394 e. The number of carbonyl (C=O) groups excluding carboxylic acids is 1. The maximum absolute atomic E-state index is 11.7. The number of hydrogen-bond acceptors (Lipinski definition) is 5. The van der Waals surface area contributed by atoms with Gasteiger partial charge in [0.2, 0.25) is 5.91 Å². The van der Waals surface area contributed by atoms with E-state index in [1.54, 1.807) is 0 Å². The number of amides is 1. The summed E-state index contributed by atoms with van der Waals surface area (Å²) in [6.45, 7) is 12.1. The van der Waals surface area contributed by atoms with E-state index in [9.17, 15) is 4.79 Å². The molecule has 23 heavy (non-hydrogen) atoms. The summed E-state index contributed by atoms with van der Waals surface area (Å²) < 4.78 is 15.7. The van der Waals surface area contributed by atoms with Crippen LogP contribution in [0.3, 0.4) is 0 Å². The fraction of sp³-hybridized carbons (Fsp3) is 0.941. The molecule has 1 unspecified atom stereocenters. The minimum atomic E-state index is 0.0317. The van der Waals surface area contributed by atoms with Gasteiger partial charge in [-0.2, -0.15) is 0 Å². The maximum atomic E-state index is 11.7. The Balaban J connectivity index is 3.33. The maximum Gasteiger partial charge on any atom is 0.220 e. The van der Waals surface area contributed by atoms with Crippen LogP contribution in [0.25, 0.3) is 0 Å². The molecule has 6 heteroatoms. The normalized spacial score (nSPS) is 13.1. The number of carbonyl (C=O) groups is 1. The van der Waals surface area contributed by atoms with E-state index < -0.39 is 0 Å². The number of ether oxygens (including phenoxy) is 3. The minimum absolute atomic E-state index is 0.0317. The van der Waals surface area contributed by atoms with Gasteiger partial charge in [-0.25, -0.2) is 0 Å². The van der Waals surface area contributed by atoms with E-state index in [1.807, 2.05) is 0 Å². The van der Waals surface area contributed by atoms with E-state index in [0.717, 1.165) is 6.42 Å². The van der Waals surface area contributed by atoms with Crippen molar-refractivity contribution in [3.05, 3.63) is 0 Å². The van der Waals surface area contributed by atoms with E-state index in [4.69, 9.17) is 19.3 Å². The predicted molar refractivity (Wildman–Crippen MR) is 90.4 cm³/mol. The van der Waals surface area contributed by atoms with Crippen LogP contribution in [0.1, 0.15) is 40.5 Å². The molecule has 1 amide bonds. The van der Waals surface area contributed by atoms with E-state index in [2.05, 4.69) is 33.0 Å². The predicted octanol–water partition coefficient (Wildman–Crippen LogP) is 1.61. The zero-order valence-electron chi connectivity index (χ0n) is 15.2. The highest BCUT2D eigenvalue weighted by Gasteiger charge is 2.20. The van der Waals surface area contributed by atoms with E-state index >= 15 is 0 Å². The van der Waals surface area contributed by atoms with Crippen LogP contribution in [0.2, 0.25) is 0 Å². The summed E-state index contributed by atoms with van der Waals surface area (Å²) in [6.07, 6.45) is 1.47. The van der Waals surface area contributed by atoms with Crippen molar-refractivity contribution < 1.29 is 24.1 Å². The number of nitrogens with one attached hydrogen (secondary N) is 1. The van der Waals surface area contributed by atoms with Gasteiger partial charge in [-0.3, -0.25) is 4.79 Å². The van der Waals surface area contributed by atoms with Gasteiger partial charge in [-0.05, 0) is 17.8 Å². The molecular formula is C17H35NO5. The van der Waals surface area contributed by atoms with Crippen LogP contribution in [0.4, 0.5) is 0 Å². The standard InChI is InChI=1S/C17H35NO5/c1-15(17(2,3)4)5-6-16(20)18-7-9-21-11-13-23-14-12-22-10-8-19/h15,19H,5-14H2,1-4H3,(H,18,20). The molecule has 0 aliphatic carbocycles. The highest BCUT2D eigenvalue weighted by molar-refractivity contribution is 5.75. The molecule has 0 aromatic heterocycles. The second-order valence-electron chi connectivity index (χ2n) is 6.72. The zero-order chi connectivity index (χ0) is 17.6. The quantitative estimate of drug-likeness (QED) is 0.472. The van der Waals surface area contributed by atoms with Gasteiger partial charge in [-0.15, -0.1) is 0 Å². The Labute approximate surface area is 140 Å². The van der Waals surface area contributed by atoms with Crippen LogP contribution in [0, 0.1) is 11.3 Å². The van der Waals surface area contributed by atoms with E-state index in [-0.39, 0.29) is 17.9 Å². The number of hydrogen-bond donors (Lipinski definition) is 2. The van der Waals surface area contributed by atoms with Crippen molar-refractivity contribution in [2.75, 3.05) is 52.8 Å². The van der Waals surface area contributed by atoms with Crippen LogP contribution in [0.5, 0.6) is 0 Å². The summed E-state index contributed by atoms with van der Waals surface area (Å²) in [5.74, 6) is 0.602. The number of rotatable bonds is 14. The lowest BCUT2D eigenvalue weighted by molar-refractivity contribution is -0.121. The van der Waals surface area contributed by atoms with Gasteiger partial charge in [0.1, 0.15) is 0 Å². The van der Waals surface area contributed by atoms with E-state index in [1.165, 1.54) is 0 Å². The van der Waals surface area contributed by atoms with Gasteiger partial charge < -0.3 is 24.6 Å². The molecule has 0 heterocycles. The number of aliphatic hydroxyl groups excluding tert-OH is 1. The molecule has 0 bridgehead atoms. The molecule has 0 radical (unpaired) electrons. The summed E-state index contributed by atoms with van der Waals surface area (Å²) >= 11 is 0. The fourth-order valence-electron chi connectivity index (χ4n) is 1.74. The Bertz CT molecular complexity index is 291. The first kappa shape index (κ1) is 22.3. The molecule has 0 aromatic rings. The highest BCUT2D eigenvalue weighted by atomic mass is 16.5. The molecule has 2 N–H and O–H groups in total. The summed E-state index contributed by atoms with van der Waals surface area (Å²) in [5, 5.41) is 11.4. The van der Waals surface area contributed by atoms with Gasteiger partial charge in [0.15, 0.2) is 0 Å². The molecule has 0 aliphatic rings. The Hall–Kier alpha value is -0.690. The third-order valence-corrected chi connectivity index (χ3v) is 3.83. The van der Waals surface area contributed by atoms with Crippen molar-refractivity contribution in [3.8, 4) is 0 Å². The van der Waals surface area contributed by atoms with Crippen LogP contribution < -0.4 is 5.32 Å². The number of aliphatic hydroxyl groups is 1. The van der Waals surface area contributed by atoms with Crippen LogP contribution in [0.15, 0.2) is 0 Å². The summed E-state index contributed by atoms with van der Waals surface area (Å²) in [5.41, 5.74) is 0.243. The second-order valence-corrected chi connectivity index (χ2v) is 6.72. The fourth-order valence-corrected chi connectivity index (χ4v) is 1.74. The SMILES string of the molecule is CC(CCC(=O)NCCOCCOCCOCCO)C(C)(C)C. The first-order valence-electron chi connectivity index (χ1n) is 8.48. The van der Waals surface area contributed by atoms with Gasteiger partial charge in [0.25, 0.3) is 0 Å². The van der Waals surface area contributed by atoms with Crippen molar-refractivity contribution in [1.82, 2.24) is 5.32 Å². The van der Waals surface area contributed by atoms with Crippen molar-refractivity contribution in [2.45, 2.75) is 40.5 Å². The van der Waals surface area contributed by atoms with Gasteiger partial charge >= 0.3 is 0 Å². The Kier molecular flexibility index (Phi) is 13.3. The summed E-state index contributed by atoms with van der Waals surface area (Å²) in [6, 6.07) is 0. The average molecular weight is 333 g/mol. The molecule has 6 nitrogen and oxygen atoms in total. The first-order valence-corrected chi connectivity index (χ1v) is 8.48. The lowest BCUT2D eigenvalue weighted by Crippen LogP contribution is -2.28. The lowest BCUT2D eigenvalue weighted by Gasteiger charge is -2.26. The molecular weight excluding hydrogens is 298 g/mol. The topological polar surface area (TPSA) is 77.0 Å². The van der Waals surface area contributed by atoms with Gasteiger partial charge in [0, 0.05) is 13.0 Å². The van der Waals surface area contributed by atoms with Crippen molar-refractivity contribution in [1.29, 1.82) is 0 Å². The first-order chi connectivity index (χ1) is 10.9. The lowest BCUT2D eigenvalue weighted by atomic mass is 9.79. The molecule has 0 rings (SSSR count).